The summed E-state index contributed by atoms with van der Waals surface area (Å²) in [6, 6.07) is 10.0. The number of aliphatic hydroxyl groups is 1. The number of piperidine rings is 1. The minimum Gasteiger partial charge on any atom is -0.506 e. The van der Waals surface area contributed by atoms with Crippen molar-refractivity contribution in [1.82, 2.24) is 4.98 Å². The summed E-state index contributed by atoms with van der Waals surface area (Å²) in [7, 11) is 0. The standard InChI is InChI=1S/C18H18BrN3OS/c19-14-6-4-13(5-7-14)16-12-24-18(21-16)15(10-20)17(23)11-22-8-2-1-3-9-22/h4-7,12,23H,1-3,8-9,11H2/p+1/b17-15-. The Balaban J connectivity index is 1.81. The quantitative estimate of drug-likeness (QED) is 0.605. The molecule has 6 heteroatoms. The molecule has 2 heterocycles. The first-order chi connectivity index (χ1) is 11.7. The molecule has 0 saturated carbocycles. The van der Waals surface area contributed by atoms with Gasteiger partial charge in [0.1, 0.15) is 23.2 Å². The SMILES string of the molecule is N#C/C(=C(/O)C[NH+]1CCCCC1)c1nc(-c2ccc(Br)cc2)cs1. The van der Waals surface area contributed by atoms with Crippen LogP contribution in [-0.2, 0) is 0 Å². The monoisotopic (exact) mass is 404 g/mol. The number of likely N-dealkylation sites (tertiary alicyclic amines) is 1. The average Bonchev–Trinajstić information content (AvgIpc) is 3.07. The van der Waals surface area contributed by atoms with Crippen LogP contribution in [-0.4, -0.2) is 29.7 Å². The number of thiazole rings is 1. The summed E-state index contributed by atoms with van der Waals surface area (Å²) >= 11 is 4.82. The van der Waals surface area contributed by atoms with Crippen molar-refractivity contribution in [3.63, 3.8) is 0 Å². The molecule has 1 fully saturated rings. The third-order valence-corrected chi connectivity index (χ3v) is 5.62. The zero-order valence-electron chi connectivity index (χ0n) is 13.3. The van der Waals surface area contributed by atoms with Gasteiger partial charge in [0.2, 0.25) is 0 Å². The summed E-state index contributed by atoms with van der Waals surface area (Å²) in [5.41, 5.74) is 2.13. The lowest BCUT2D eigenvalue weighted by Gasteiger charge is -2.23. The van der Waals surface area contributed by atoms with Gasteiger partial charge in [0.25, 0.3) is 0 Å². The van der Waals surface area contributed by atoms with Gasteiger partial charge in [0, 0.05) is 15.4 Å². The van der Waals surface area contributed by atoms with Gasteiger partial charge in [-0.2, -0.15) is 5.26 Å². The molecular formula is C18H19BrN3OS+. The number of nitrogens with zero attached hydrogens (tertiary/aromatic N) is 2. The van der Waals surface area contributed by atoms with E-state index in [4.69, 9.17) is 0 Å². The van der Waals surface area contributed by atoms with Crippen LogP contribution in [0.25, 0.3) is 16.8 Å². The number of rotatable bonds is 4. The smallest absolute Gasteiger partial charge is 0.168 e. The topological polar surface area (TPSA) is 61.3 Å². The fraction of sp³-hybridized carbons (Fsp3) is 0.333. The summed E-state index contributed by atoms with van der Waals surface area (Å²) in [5, 5.41) is 22.4. The van der Waals surface area contributed by atoms with Crippen LogP contribution in [0.15, 0.2) is 39.9 Å². The summed E-state index contributed by atoms with van der Waals surface area (Å²) in [4.78, 5) is 5.89. The fourth-order valence-electron chi connectivity index (χ4n) is 2.93. The number of allylic oxidation sites excluding steroid dienone is 1. The van der Waals surface area contributed by atoms with Crippen LogP contribution in [0.3, 0.4) is 0 Å². The predicted octanol–water partition coefficient (Wildman–Crippen LogP) is 3.43. The molecule has 0 atom stereocenters. The lowest BCUT2D eigenvalue weighted by molar-refractivity contribution is -0.901. The van der Waals surface area contributed by atoms with E-state index < -0.39 is 0 Å². The molecule has 3 rings (SSSR count). The molecule has 0 bridgehead atoms. The Morgan fingerprint density at radius 1 is 1.25 bits per heavy atom. The van der Waals surface area contributed by atoms with Crippen LogP contribution in [0, 0.1) is 11.3 Å². The Bertz CT molecular complexity index is 770. The van der Waals surface area contributed by atoms with E-state index in [-0.39, 0.29) is 5.76 Å². The number of hydrogen-bond donors (Lipinski definition) is 2. The Morgan fingerprint density at radius 2 is 1.96 bits per heavy atom. The van der Waals surface area contributed by atoms with E-state index in [1.165, 1.54) is 35.5 Å². The molecule has 0 aliphatic carbocycles. The highest BCUT2D eigenvalue weighted by molar-refractivity contribution is 9.10. The van der Waals surface area contributed by atoms with Gasteiger partial charge in [-0.05, 0) is 31.4 Å². The van der Waals surface area contributed by atoms with Crippen LogP contribution in [0.4, 0.5) is 0 Å². The van der Waals surface area contributed by atoms with Gasteiger partial charge in [0.15, 0.2) is 5.76 Å². The first kappa shape index (κ1) is 17.2. The van der Waals surface area contributed by atoms with Crippen molar-refractivity contribution in [2.24, 2.45) is 0 Å². The van der Waals surface area contributed by atoms with Crippen molar-refractivity contribution in [3.05, 3.63) is 44.9 Å². The van der Waals surface area contributed by atoms with E-state index in [0.29, 0.717) is 17.1 Å². The van der Waals surface area contributed by atoms with Gasteiger partial charge in [0.05, 0.1) is 18.8 Å². The first-order valence-corrected chi connectivity index (χ1v) is 9.72. The second-order valence-corrected chi connectivity index (χ2v) is 7.74. The van der Waals surface area contributed by atoms with Crippen molar-refractivity contribution in [2.75, 3.05) is 19.6 Å². The summed E-state index contributed by atoms with van der Waals surface area (Å²) in [6.07, 6.45) is 3.65. The maximum atomic E-state index is 10.4. The number of halogens is 1. The first-order valence-electron chi connectivity index (χ1n) is 8.05. The lowest BCUT2D eigenvalue weighted by atomic mass is 10.1. The van der Waals surface area contributed by atoms with Crippen molar-refractivity contribution in [2.45, 2.75) is 19.3 Å². The molecular weight excluding hydrogens is 386 g/mol. The second kappa shape index (κ2) is 7.93. The van der Waals surface area contributed by atoms with E-state index in [1.807, 2.05) is 29.6 Å². The third kappa shape index (κ3) is 4.04. The molecule has 0 unspecified atom stereocenters. The molecule has 1 aromatic carbocycles. The molecule has 1 saturated heterocycles. The molecule has 2 aromatic rings. The van der Waals surface area contributed by atoms with Gasteiger partial charge < -0.3 is 10.0 Å². The van der Waals surface area contributed by atoms with Gasteiger partial charge >= 0.3 is 0 Å². The Hall–Kier alpha value is -1.68. The summed E-state index contributed by atoms with van der Waals surface area (Å²) in [6.45, 7) is 2.63. The lowest BCUT2D eigenvalue weighted by Crippen LogP contribution is -3.13. The van der Waals surface area contributed by atoms with Gasteiger partial charge in [-0.3, -0.25) is 0 Å². The van der Waals surface area contributed by atoms with Crippen molar-refractivity contribution in [1.29, 1.82) is 5.26 Å². The van der Waals surface area contributed by atoms with Gasteiger partial charge in [-0.15, -0.1) is 11.3 Å². The van der Waals surface area contributed by atoms with Crippen molar-refractivity contribution in [3.8, 4) is 17.3 Å². The van der Waals surface area contributed by atoms with Crippen LogP contribution in [0.5, 0.6) is 0 Å². The van der Waals surface area contributed by atoms with Crippen LogP contribution >= 0.6 is 27.3 Å². The van der Waals surface area contributed by atoms with Crippen molar-refractivity contribution >= 4 is 32.8 Å². The summed E-state index contributed by atoms with van der Waals surface area (Å²) < 4.78 is 1.02. The molecule has 1 aliphatic rings. The van der Waals surface area contributed by atoms with E-state index in [9.17, 15) is 10.4 Å². The number of quaternary nitrogens is 1. The van der Waals surface area contributed by atoms with E-state index in [2.05, 4.69) is 27.0 Å². The Kier molecular flexibility index (Phi) is 5.67. The zero-order valence-corrected chi connectivity index (χ0v) is 15.7. The minimum atomic E-state index is 0.158. The maximum Gasteiger partial charge on any atom is 0.168 e. The number of hydrogen-bond acceptors (Lipinski definition) is 4. The molecule has 1 aromatic heterocycles. The number of aliphatic hydroxyl groups excluding tert-OH is 1. The fourth-order valence-corrected chi connectivity index (χ4v) is 4.04. The number of nitrogens with one attached hydrogen (secondary N) is 1. The van der Waals surface area contributed by atoms with Crippen LogP contribution in [0.2, 0.25) is 0 Å². The predicted molar refractivity (Wildman–Crippen MR) is 99.8 cm³/mol. The minimum absolute atomic E-state index is 0.158. The molecule has 4 nitrogen and oxygen atoms in total. The van der Waals surface area contributed by atoms with Gasteiger partial charge in [-0.1, -0.05) is 28.1 Å². The molecule has 24 heavy (non-hydrogen) atoms. The summed E-state index contributed by atoms with van der Waals surface area (Å²) in [5.74, 6) is 0.158. The van der Waals surface area contributed by atoms with E-state index >= 15 is 0 Å². The molecule has 1 aliphatic heterocycles. The number of nitriles is 1. The highest BCUT2D eigenvalue weighted by atomic mass is 79.9. The van der Waals surface area contributed by atoms with E-state index in [0.717, 1.165) is 28.8 Å². The zero-order chi connectivity index (χ0) is 16.9. The second-order valence-electron chi connectivity index (χ2n) is 5.97. The molecule has 0 radical (unpaired) electrons. The maximum absolute atomic E-state index is 10.4. The highest BCUT2D eigenvalue weighted by Crippen LogP contribution is 2.27. The largest absolute Gasteiger partial charge is 0.506 e. The molecule has 0 amide bonds. The Labute approximate surface area is 154 Å². The van der Waals surface area contributed by atoms with E-state index in [1.54, 1.807) is 0 Å². The van der Waals surface area contributed by atoms with Gasteiger partial charge in [-0.25, -0.2) is 4.98 Å². The Morgan fingerprint density at radius 3 is 2.62 bits per heavy atom. The molecule has 2 N–H and O–H groups in total. The third-order valence-electron chi connectivity index (χ3n) is 4.24. The molecule has 124 valence electrons. The average molecular weight is 405 g/mol. The molecule has 0 spiro atoms. The number of aromatic nitrogens is 1. The van der Waals surface area contributed by atoms with Crippen molar-refractivity contribution < 1.29 is 10.0 Å². The normalized spacial score (nSPS) is 16.5. The highest BCUT2D eigenvalue weighted by Gasteiger charge is 2.20. The van der Waals surface area contributed by atoms with Crippen LogP contribution in [0.1, 0.15) is 24.3 Å². The number of benzene rings is 1. The van der Waals surface area contributed by atoms with Crippen LogP contribution < -0.4 is 4.90 Å².